The zero-order valence-corrected chi connectivity index (χ0v) is 13.8. The summed E-state index contributed by atoms with van der Waals surface area (Å²) in [6, 6.07) is 7.00. The molecule has 5 heteroatoms. The minimum absolute atomic E-state index is 0.355. The maximum absolute atomic E-state index is 12.7. The van der Waals surface area contributed by atoms with Crippen molar-refractivity contribution in [3.05, 3.63) is 40.4 Å². The van der Waals surface area contributed by atoms with Crippen molar-refractivity contribution in [2.75, 3.05) is 6.54 Å². The van der Waals surface area contributed by atoms with Crippen molar-refractivity contribution in [1.82, 2.24) is 4.31 Å². The third kappa shape index (κ3) is 2.39. The summed E-state index contributed by atoms with van der Waals surface area (Å²) >= 11 is 3.49. The first-order chi connectivity index (χ1) is 8.82. The number of halogens is 1. The number of rotatable bonds is 3. The molecule has 2 rings (SSSR count). The average Bonchev–Trinajstić information content (AvgIpc) is 2.68. The summed E-state index contributed by atoms with van der Waals surface area (Å²) in [6.45, 7) is 6.31. The van der Waals surface area contributed by atoms with Crippen molar-refractivity contribution < 1.29 is 8.42 Å². The lowest BCUT2D eigenvalue weighted by molar-refractivity contribution is 0.290. The molecule has 0 fully saturated rings. The zero-order valence-electron chi connectivity index (χ0n) is 11.4. The first-order valence-corrected chi connectivity index (χ1v) is 8.51. The number of aryl methyl sites for hydroxylation is 1. The van der Waals surface area contributed by atoms with Crippen molar-refractivity contribution >= 4 is 26.0 Å². The second-order valence-electron chi connectivity index (χ2n) is 5.03. The predicted molar refractivity (Wildman–Crippen MR) is 80.8 cm³/mol. The molecular weight excluding hydrogens is 326 g/mol. The van der Waals surface area contributed by atoms with Gasteiger partial charge in [-0.25, -0.2) is 8.42 Å². The Morgan fingerprint density at radius 3 is 2.42 bits per heavy atom. The summed E-state index contributed by atoms with van der Waals surface area (Å²) in [6.07, 6.45) is 2.66. The van der Waals surface area contributed by atoms with Crippen LogP contribution in [0.3, 0.4) is 0 Å². The Morgan fingerprint density at radius 2 is 1.89 bits per heavy atom. The van der Waals surface area contributed by atoms with Gasteiger partial charge in [0.2, 0.25) is 10.0 Å². The Bertz CT molecular complexity index is 607. The number of sulfonamides is 1. The van der Waals surface area contributed by atoms with Crippen molar-refractivity contribution in [2.24, 2.45) is 0 Å². The van der Waals surface area contributed by atoms with Gasteiger partial charge in [0.05, 0.1) is 10.4 Å². The molecular formula is C14H18BrNO2S. The highest BCUT2D eigenvalue weighted by Gasteiger charge is 2.44. The van der Waals surface area contributed by atoms with Crippen LogP contribution in [0.5, 0.6) is 0 Å². The van der Waals surface area contributed by atoms with E-state index < -0.39 is 15.6 Å². The predicted octanol–water partition coefficient (Wildman–Crippen LogP) is 3.45. The maximum atomic E-state index is 12.7. The van der Waals surface area contributed by atoms with E-state index in [-0.39, 0.29) is 0 Å². The highest BCUT2D eigenvalue weighted by atomic mass is 79.9. The molecule has 1 aliphatic rings. The smallest absolute Gasteiger partial charge is 0.207 e. The van der Waals surface area contributed by atoms with Crippen molar-refractivity contribution in [3.63, 3.8) is 0 Å². The van der Waals surface area contributed by atoms with E-state index in [0.717, 1.165) is 16.5 Å². The molecule has 1 aliphatic heterocycles. The Kier molecular flexibility index (Phi) is 3.91. The molecule has 0 saturated carbocycles. The van der Waals surface area contributed by atoms with Gasteiger partial charge in [-0.15, -0.1) is 0 Å². The van der Waals surface area contributed by atoms with Gasteiger partial charge in [-0.3, -0.25) is 0 Å². The van der Waals surface area contributed by atoms with Crippen molar-refractivity contribution in [1.29, 1.82) is 0 Å². The molecule has 0 radical (unpaired) electrons. The van der Waals surface area contributed by atoms with Gasteiger partial charge in [0.15, 0.2) is 0 Å². The molecule has 0 bridgehead atoms. The van der Waals surface area contributed by atoms with Crippen LogP contribution in [0.2, 0.25) is 0 Å². The number of hydrogen-bond donors (Lipinski definition) is 0. The quantitative estimate of drug-likeness (QED) is 0.842. The zero-order chi connectivity index (χ0) is 14.3. The van der Waals surface area contributed by atoms with Gasteiger partial charge in [-0.05, 0) is 32.4 Å². The molecule has 1 heterocycles. The molecule has 1 aromatic rings. The number of hydrogen-bond acceptors (Lipinski definition) is 2. The van der Waals surface area contributed by atoms with E-state index in [1.165, 1.54) is 0 Å². The van der Waals surface area contributed by atoms with Crippen LogP contribution in [-0.4, -0.2) is 24.8 Å². The molecule has 0 saturated heterocycles. The summed E-state index contributed by atoms with van der Waals surface area (Å²) < 4.78 is 28.0. The van der Waals surface area contributed by atoms with E-state index in [9.17, 15) is 8.42 Å². The van der Waals surface area contributed by atoms with E-state index >= 15 is 0 Å². The standard InChI is InChI=1S/C14H18BrNO2S/c1-4-14(3)13(15)9-10-16(14)19(17,18)12-7-5-11(2)6-8-12/h5-9H,4,10H2,1-3H3/t14-/m0/s1. The van der Waals surface area contributed by atoms with Gasteiger partial charge < -0.3 is 0 Å². The maximum Gasteiger partial charge on any atom is 0.244 e. The summed E-state index contributed by atoms with van der Waals surface area (Å²) in [5, 5.41) is 0. The van der Waals surface area contributed by atoms with Gasteiger partial charge in [-0.2, -0.15) is 4.31 Å². The van der Waals surface area contributed by atoms with Crippen LogP contribution in [-0.2, 0) is 10.0 Å². The van der Waals surface area contributed by atoms with Crippen LogP contribution in [0.25, 0.3) is 0 Å². The van der Waals surface area contributed by atoms with Gasteiger partial charge in [-0.1, -0.05) is 46.6 Å². The molecule has 0 N–H and O–H groups in total. The molecule has 0 aromatic heterocycles. The molecule has 0 spiro atoms. The fraction of sp³-hybridized carbons (Fsp3) is 0.429. The highest BCUT2D eigenvalue weighted by Crippen LogP contribution is 2.40. The van der Waals surface area contributed by atoms with Crippen molar-refractivity contribution in [2.45, 2.75) is 37.6 Å². The van der Waals surface area contributed by atoms with Crippen LogP contribution in [0.4, 0.5) is 0 Å². The van der Waals surface area contributed by atoms with E-state index in [1.54, 1.807) is 16.4 Å². The van der Waals surface area contributed by atoms with E-state index in [2.05, 4.69) is 15.9 Å². The molecule has 1 aromatic carbocycles. The Balaban J connectivity index is 2.44. The SMILES string of the molecule is CC[C@@]1(C)C(Br)=CCN1S(=O)(=O)c1ccc(C)cc1. The summed E-state index contributed by atoms with van der Waals surface area (Å²) in [4.78, 5) is 0.355. The van der Waals surface area contributed by atoms with Gasteiger partial charge in [0, 0.05) is 11.0 Å². The Hall–Kier alpha value is -0.650. The van der Waals surface area contributed by atoms with Crippen LogP contribution in [0.1, 0.15) is 25.8 Å². The second kappa shape index (κ2) is 5.04. The lowest BCUT2D eigenvalue weighted by atomic mass is 10.0. The number of nitrogens with zero attached hydrogens (tertiary/aromatic N) is 1. The molecule has 0 aliphatic carbocycles. The Labute approximate surface area is 123 Å². The van der Waals surface area contributed by atoms with Crippen LogP contribution >= 0.6 is 15.9 Å². The molecule has 0 amide bonds. The lowest BCUT2D eigenvalue weighted by Crippen LogP contribution is -2.46. The minimum Gasteiger partial charge on any atom is -0.207 e. The molecule has 3 nitrogen and oxygen atoms in total. The molecule has 104 valence electrons. The molecule has 19 heavy (non-hydrogen) atoms. The normalized spacial score (nSPS) is 24.5. The van der Waals surface area contributed by atoms with Crippen molar-refractivity contribution in [3.8, 4) is 0 Å². The highest BCUT2D eigenvalue weighted by molar-refractivity contribution is 9.11. The third-order valence-electron chi connectivity index (χ3n) is 3.80. The number of benzene rings is 1. The molecule has 1 atom stereocenters. The second-order valence-corrected chi connectivity index (χ2v) is 7.75. The Morgan fingerprint density at radius 1 is 1.32 bits per heavy atom. The van der Waals surface area contributed by atoms with Gasteiger partial charge in [0.25, 0.3) is 0 Å². The lowest BCUT2D eigenvalue weighted by Gasteiger charge is -2.34. The van der Waals surface area contributed by atoms with Gasteiger partial charge >= 0.3 is 0 Å². The van der Waals surface area contributed by atoms with Crippen LogP contribution < -0.4 is 0 Å². The average molecular weight is 344 g/mol. The topological polar surface area (TPSA) is 37.4 Å². The van der Waals surface area contributed by atoms with Crippen LogP contribution in [0.15, 0.2) is 39.7 Å². The monoisotopic (exact) mass is 343 g/mol. The third-order valence-corrected chi connectivity index (χ3v) is 6.98. The van der Waals surface area contributed by atoms with E-state index in [1.807, 2.05) is 39.0 Å². The first-order valence-electron chi connectivity index (χ1n) is 6.28. The summed E-state index contributed by atoms with van der Waals surface area (Å²) in [5.74, 6) is 0. The van der Waals surface area contributed by atoms with Gasteiger partial charge in [0.1, 0.15) is 0 Å². The fourth-order valence-electron chi connectivity index (χ4n) is 2.25. The summed E-state index contributed by atoms with van der Waals surface area (Å²) in [5.41, 5.74) is 0.571. The minimum atomic E-state index is -3.46. The first kappa shape index (κ1) is 14.8. The molecule has 0 unspecified atom stereocenters. The fourth-order valence-corrected chi connectivity index (χ4v) is 4.77. The van der Waals surface area contributed by atoms with Crippen LogP contribution in [0, 0.1) is 6.92 Å². The largest absolute Gasteiger partial charge is 0.244 e. The van der Waals surface area contributed by atoms with E-state index in [0.29, 0.717) is 11.4 Å². The van der Waals surface area contributed by atoms with E-state index in [4.69, 9.17) is 0 Å². The summed E-state index contributed by atoms with van der Waals surface area (Å²) in [7, 11) is -3.46.